The third-order valence-electron chi connectivity index (χ3n) is 6.40. The highest BCUT2D eigenvalue weighted by atomic mass is 16.5. The number of hydrogen-bond donors (Lipinski definition) is 1. The Balaban J connectivity index is 1.67. The minimum atomic E-state index is -0.111. The molecule has 33 heavy (non-hydrogen) atoms. The summed E-state index contributed by atoms with van der Waals surface area (Å²) in [6, 6.07) is 22.2. The Morgan fingerprint density at radius 3 is 2.36 bits per heavy atom. The minimum absolute atomic E-state index is 0.00293. The number of benzene rings is 3. The van der Waals surface area contributed by atoms with Crippen LogP contribution in [-0.4, -0.2) is 37.6 Å². The summed E-state index contributed by atoms with van der Waals surface area (Å²) in [7, 11) is 3.32. The summed E-state index contributed by atoms with van der Waals surface area (Å²) in [4.78, 5) is 15.5. The lowest BCUT2D eigenvalue weighted by atomic mass is 9.87. The average Bonchev–Trinajstić information content (AvgIpc) is 2.83. The molecule has 0 saturated heterocycles. The van der Waals surface area contributed by atoms with E-state index in [0.717, 1.165) is 30.8 Å². The predicted molar refractivity (Wildman–Crippen MR) is 131 cm³/mol. The molecule has 1 N–H and O–H groups in total. The number of carbonyl (C=O) groups excluding carboxylic acids is 1. The van der Waals surface area contributed by atoms with E-state index in [1.807, 2.05) is 37.3 Å². The molecule has 0 radical (unpaired) electrons. The monoisotopic (exact) mass is 444 g/mol. The van der Waals surface area contributed by atoms with E-state index in [1.165, 1.54) is 16.7 Å². The molecular weight excluding hydrogens is 412 g/mol. The van der Waals surface area contributed by atoms with E-state index in [9.17, 15) is 4.79 Å². The Hall–Kier alpha value is -3.31. The maximum atomic E-state index is 13.0. The zero-order valence-electron chi connectivity index (χ0n) is 19.8. The van der Waals surface area contributed by atoms with Crippen LogP contribution in [0.2, 0.25) is 0 Å². The van der Waals surface area contributed by atoms with Crippen LogP contribution in [0.3, 0.4) is 0 Å². The van der Waals surface area contributed by atoms with Crippen molar-refractivity contribution in [1.29, 1.82) is 0 Å². The minimum Gasteiger partial charge on any atom is -0.493 e. The van der Waals surface area contributed by atoms with Crippen LogP contribution in [0.25, 0.3) is 0 Å². The quantitative estimate of drug-likeness (QED) is 0.561. The molecule has 1 aliphatic heterocycles. The molecule has 172 valence electrons. The average molecular weight is 445 g/mol. The summed E-state index contributed by atoms with van der Waals surface area (Å²) in [5.41, 5.74) is 5.47. The van der Waals surface area contributed by atoms with Crippen molar-refractivity contribution in [2.75, 3.05) is 20.8 Å². The van der Waals surface area contributed by atoms with E-state index in [4.69, 9.17) is 9.47 Å². The normalized spacial score (nSPS) is 16.5. The van der Waals surface area contributed by atoms with Crippen LogP contribution >= 0.6 is 0 Å². The number of aryl methyl sites for hydroxylation is 1. The first-order valence-electron chi connectivity index (χ1n) is 11.4. The highest BCUT2D eigenvalue weighted by Gasteiger charge is 2.34. The van der Waals surface area contributed by atoms with Gasteiger partial charge in [0, 0.05) is 24.7 Å². The number of carbonyl (C=O) groups is 1. The van der Waals surface area contributed by atoms with Crippen LogP contribution in [0.4, 0.5) is 0 Å². The lowest BCUT2D eigenvalue weighted by Crippen LogP contribution is -2.47. The van der Waals surface area contributed by atoms with Gasteiger partial charge in [0.25, 0.3) is 5.91 Å². The van der Waals surface area contributed by atoms with Crippen molar-refractivity contribution in [2.45, 2.75) is 38.9 Å². The smallest absolute Gasteiger partial charge is 0.251 e. The lowest BCUT2D eigenvalue weighted by molar-refractivity contribution is 0.0877. The molecule has 3 aromatic carbocycles. The van der Waals surface area contributed by atoms with Gasteiger partial charge < -0.3 is 14.8 Å². The molecule has 5 nitrogen and oxygen atoms in total. The third-order valence-corrected chi connectivity index (χ3v) is 6.40. The van der Waals surface area contributed by atoms with Crippen molar-refractivity contribution in [1.82, 2.24) is 10.2 Å². The third kappa shape index (κ3) is 5.04. The van der Waals surface area contributed by atoms with E-state index in [0.29, 0.717) is 11.3 Å². The lowest BCUT2D eigenvalue weighted by Gasteiger charge is -2.41. The summed E-state index contributed by atoms with van der Waals surface area (Å²) in [6.07, 6.45) is 0.914. The Labute approximate surface area is 196 Å². The predicted octanol–water partition coefficient (Wildman–Crippen LogP) is 4.93. The Kier molecular flexibility index (Phi) is 6.99. The van der Waals surface area contributed by atoms with Gasteiger partial charge in [0.05, 0.1) is 20.3 Å². The SMILES string of the molecule is COc1cc2c(cc1OC)[C@H]([C@@H](C)NC(=O)c1ccc(C)cc1)N(Cc1ccccc1)CC2. The molecule has 2 atom stereocenters. The summed E-state index contributed by atoms with van der Waals surface area (Å²) in [6.45, 7) is 5.81. The molecular formula is C28H32N2O3. The second kappa shape index (κ2) is 10.1. The van der Waals surface area contributed by atoms with Gasteiger partial charge in [0.2, 0.25) is 0 Å². The van der Waals surface area contributed by atoms with Gasteiger partial charge in [0.1, 0.15) is 0 Å². The zero-order chi connectivity index (χ0) is 23.4. The second-order valence-corrected chi connectivity index (χ2v) is 8.69. The Morgan fingerprint density at radius 2 is 1.70 bits per heavy atom. The Bertz CT molecular complexity index is 1100. The molecule has 1 amide bonds. The fourth-order valence-electron chi connectivity index (χ4n) is 4.68. The number of methoxy groups -OCH3 is 2. The first-order chi connectivity index (χ1) is 16.0. The fraction of sp³-hybridized carbons (Fsp3) is 0.321. The van der Waals surface area contributed by atoms with Crippen LogP contribution in [0.5, 0.6) is 11.5 Å². The van der Waals surface area contributed by atoms with Crippen LogP contribution in [0.1, 0.15) is 45.6 Å². The maximum absolute atomic E-state index is 13.0. The molecule has 1 aliphatic rings. The van der Waals surface area contributed by atoms with Crippen molar-refractivity contribution >= 4 is 5.91 Å². The van der Waals surface area contributed by atoms with E-state index < -0.39 is 0 Å². The van der Waals surface area contributed by atoms with Crippen molar-refractivity contribution in [3.05, 3.63) is 94.5 Å². The van der Waals surface area contributed by atoms with Gasteiger partial charge in [-0.1, -0.05) is 48.0 Å². The molecule has 4 rings (SSSR count). The molecule has 0 aromatic heterocycles. The number of nitrogens with one attached hydrogen (secondary N) is 1. The second-order valence-electron chi connectivity index (χ2n) is 8.69. The topological polar surface area (TPSA) is 50.8 Å². The fourth-order valence-corrected chi connectivity index (χ4v) is 4.68. The first-order valence-corrected chi connectivity index (χ1v) is 11.4. The van der Waals surface area contributed by atoms with E-state index in [-0.39, 0.29) is 18.0 Å². The molecule has 0 saturated carbocycles. The number of hydrogen-bond acceptors (Lipinski definition) is 4. The number of amides is 1. The van der Waals surface area contributed by atoms with Crippen molar-refractivity contribution in [3.8, 4) is 11.5 Å². The highest BCUT2D eigenvalue weighted by Crippen LogP contribution is 2.40. The van der Waals surface area contributed by atoms with Crippen LogP contribution in [0, 0.1) is 6.92 Å². The van der Waals surface area contributed by atoms with Crippen molar-refractivity contribution < 1.29 is 14.3 Å². The maximum Gasteiger partial charge on any atom is 0.251 e. The number of fused-ring (bicyclic) bond motifs is 1. The molecule has 1 heterocycles. The van der Waals surface area contributed by atoms with Crippen LogP contribution < -0.4 is 14.8 Å². The summed E-state index contributed by atoms with van der Waals surface area (Å²) in [5, 5.41) is 3.26. The van der Waals surface area contributed by atoms with Gasteiger partial charge >= 0.3 is 0 Å². The van der Waals surface area contributed by atoms with Gasteiger partial charge in [-0.25, -0.2) is 0 Å². The molecule has 0 bridgehead atoms. The molecule has 0 fully saturated rings. The van der Waals surface area contributed by atoms with Crippen molar-refractivity contribution in [2.24, 2.45) is 0 Å². The van der Waals surface area contributed by atoms with Gasteiger partial charge in [-0.05, 0) is 61.2 Å². The molecule has 0 aliphatic carbocycles. The molecule has 3 aromatic rings. The van der Waals surface area contributed by atoms with E-state index in [1.54, 1.807) is 14.2 Å². The molecule has 0 spiro atoms. The number of nitrogens with zero attached hydrogens (tertiary/aromatic N) is 1. The van der Waals surface area contributed by atoms with Gasteiger partial charge in [0.15, 0.2) is 11.5 Å². The van der Waals surface area contributed by atoms with Gasteiger partial charge in [-0.2, -0.15) is 0 Å². The van der Waals surface area contributed by atoms with Crippen LogP contribution in [0.15, 0.2) is 66.7 Å². The van der Waals surface area contributed by atoms with Crippen molar-refractivity contribution in [3.63, 3.8) is 0 Å². The van der Waals surface area contributed by atoms with Gasteiger partial charge in [-0.3, -0.25) is 9.69 Å². The van der Waals surface area contributed by atoms with E-state index in [2.05, 4.69) is 53.5 Å². The summed E-state index contributed by atoms with van der Waals surface area (Å²) >= 11 is 0. The zero-order valence-corrected chi connectivity index (χ0v) is 19.8. The summed E-state index contributed by atoms with van der Waals surface area (Å²) < 4.78 is 11.2. The molecule has 5 heteroatoms. The van der Waals surface area contributed by atoms with Gasteiger partial charge in [-0.15, -0.1) is 0 Å². The standard InChI is InChI=1S/C28H32N2O3/c1-19-10-12-22(13-11-19)28(31)29-20(2)27-24-17-26(33-4)25(32-3)16-23(24)14-15-30(27)18-21-8-6-5-7-9-21/h5-13,16-17,20,27H,14-15,18H2,1-4H3,(H,29,31)/t20-,27+/m1/s1. The van der Waals surface area contributed by atoms with E-state index >= 15 is 0 Å². The highest BCUT2D eigenvalue weighted by molar-refractivity contribution is 5.94. The van der Waals surface area contributed by atoms with Crippen LogP contribution in [-0.2, 0) is 13.0 Å². The number of ether oxygens (including phenoxy) is 2. The Morgan fingerprint density at radius 1 is 1.03 bits per heavy atom. The first kappa shape index (κ1) is 22.9. The number of rotatable bonds is 7. The molecule has 0 unspecified atom stereocenters. The largest absolute Gasteiger partial charge is 0.493 e. The summed E-state index contributed by atoms with van der Waals surface area (Å²) in [5.74, 6) is 1.39.